The maximum absolute atomic E-state index is 13.8. The molecule has 6 heteroatoms. The van der Waals surface area contributed by atoms with Gasteiger partial charge in [0.15, 0.2) is 0 Å². The van der Waals surface area contributed by atoms with Crippen LogP contribution in [0.4, 0.5) is 5.69 Å². The summed E-state index contributed by atoms with van der Waals surface area (Å²) in [6, 6.07) is 20.9. The lowest BCUT2D eigenvalue weighted by molar-refractivity contribution is -0.127. The van der Waals surface area contributed by atoms with Crippen molar-refractivity contribution >= 4 is 29.1 Å². The minimum absolute atomic E-state index is 0.227. The fourth-order valence-corrected chi connectivity index (χ4v) is 5.52. The number of amides is 2. The average molecular weight is 451 g/mol. The molecular weight excluding hydrogens is 430 g/mol. The van der Waals surface area contributed by atoms with Gasteiger partial charge in [0, 0.05) is 11.1 Å². The minimum atomic E-state index is -2.05. The summed E-state index contributed by atoms with van der Waals surface area (Å²) in [5.41, 5.74) is 1.48. The summed E-state index contributed by atoms with van der Waals surface area (Å²) < 4.78 is 6.29. The lowest BCUT2D eigenvalue weighted by Crippen LogP contribution is -2.51. The molecule has 2 heterocycles. The van der Waals surface area contributed by atoms with Crippen molar-refractivity contribution in [3.05, 3.63) is 101 Å². The number of hydrogen-bond acceptors (Lipinski definition) is 5. The van der Waals surface area contributed by atoms with E-state index in [-0.39, 0.29) is 11.1 Å². The number of hydrogen-bond donors (Lipinski definition) is 0. The van der Waals surface area contributed by atoms with Crippen LogP contribution in [0.3, 0.4) is 0 Å². The van der Waals surface area contributed by atoms with Crippen molar-refractivity contribution in [1.82, 2.24) is 0 Å². The molecule has 34 heavy (non-hydrogen) atoms. The number of carbonyl (C=O) groups excluding carboxylic acids is 4. The van der Waals surface area contributed by atoms with Crippen molar-refractivity contribution in [3.63, 3.8) is 0 Å². The minimum Gasteiger partial charge on any atom is -0.349 e. The maximum atomic E-state index is 13.8. The van der Waals surface area contributed by atoms with Crippen LogP contribution in [0.2, 0.25) is 0 Å². The van der Waals surface area contributed by atoms with Crippen LogP contribution in [0.15, 0.2) is 72.8 Å². The second kappa shape index (κ2) is 7.05. The first-order chi connectivity index (χ1) is 16.3. The van der Waals surface area contributed by atoms with Gasteiger partial charge in [-0.1, -0.05) is 71.8 Å². The molecule has 2 aliphatic heterocycles. The van der Waals surface area contributed by atoms with E-state index in [1.54, 1.807) is 36.4 Å². The molecule has 3 aromatic rings. The van der Waals surface area contributed by atoms with Gasteiger partial charge in [-0.2, -0.15) is 0 Å². The average Bonchev–Trinajstić information content (AvgIpc) is 3.40. The topological polar surface area (TPSA) is 80.8 Å². The number of Topliss-reactive ketones (excluding diaryl/α,β-unsaturated/α-hetero) is 2. The molecule has 3 atom stereocenters. The Hall–Kier alpha value is -3.90. The number of aryl methyl sites for hydroxylation is 2. The van der Waals surface area contributed by atoms with Gasteiger partial charge < -0.3 is 4.74 Å². The fraction of sp³-hybridized carbons (Fsp3) is 0.214. The van der Waals surface area contributed by atoms with Gasteiger partial charge in [0.05, 0.1) is 23.6 Å². The normalized spacial score (nSPS) is 24.8. The first-order valence-electron chi connectivity index (χ1n) is 11.2. The Balaban J connectivity index is 1.54. The van der Waals surface area contributed by atoms with E-state index in [0.717, 1.165) is 16.0 Å². The third-order valence-corrected chi connectivity index (χ3v) is 7.22. The monoisotopic (exact) mass is 451 g/mol. The van der Waals surface area contributed by atoms with Gasteiger partial charge in [-0.25, -0.2) is 4.90 Å². The third-order valence-electron chi connectivity index (χ3n) is 7.22. The van der Waals surface area contributed by atoms with E-state index in [1.165, 1.54) is 0 Å². The van der Waals surface area contributed by atoms with Crippen molar-refractivity contribution < 1.29 is 23.9 Å². The standard InChI is InChI=1S/C28H21NO5/c1-15-7-11-17(12-8-15)23-21-22(27(33)29(26(21)32)18-13-9-16(2)10-14-18)28(34-23)24(30)19-5-3-4-6-20(19)25(28)31/h3-14,21-23H,1-2H3/t21-,22-,23-/m0/s1. The number of anilines is 1. The number of nitrogens with zero attached hydrogens (tertiary/aromatic N) is 1. The number of benzene rings is 3. The second-order valence-electron chi connectivity index (χ2n) is 9.24. The highest BCUT2D eigenvalue weighted by Gasteiger charge is 2.74. The Kier molecular flexibility index (Phi) is 4.29. The lowest BCUT2D eigenvalue weighted by Gasteiger charge is -2.27. The molecule has 0 radical (unpaired) electrons. The smallest absolute Gasteiger partial charge is 0.241 e. The molecule has 1 aliphatic carbocycles. The van der Waals surface area contributed by atoms with E-state index < -0.39 is 46.9 Å². The SMILES string of the molecule is Cc1ccc([C@@H]2OC3(C(=O)c4ccccc4C3=O)[C@@H]3C(=O)N(c4ccc(C)cc4)C(=O)[C@@H]32)cc1. The molecule has 1 spiro atoms. The molecule has 0 unspecified atom stereocenters. The van der Waals surface area contributed by atoms with Gasteiger partial charge in [0.2, 0.25) is 29.0 Å². The lowest BCUT2D eigenvalue weighted by atomic mass is 9.77. The van der Waals surface area contributed by atoms with Crippen LogP contribution in [-0.2, 0) is 14.3 Å². The van der Waals surface area contributed by atoms with E-state index in [1.807, 2.05) is 50.2 Å². The maximum Gasteiger partial charge on any atom is 0.241 e. The summed E-state index contributed by atoms with van der Waals surface area (Å²) in [5, 5.41) is 0. The van der Waals surface area contributed by atoms with E-state index in [4.69, 9.17) is 4.74 Å². The molecule has 0 bridgehead atoms. The number of fused-ring (bicyclic) bond motifs is 3. The molecule has 6 rings (SSSR count). The van der Waals surface area contributed by atoms with Crippen molar-refractivity contribution in [2.75, 3.05) is 4.90 Å². The summed E-state index contributed by atoms with van der Waals surface area (Å²) in [7, 11) is 0. The molecule has 2 amide bonds. The molecule has 168 valence electrons. The van der Waals surface area contributed by atoms with Crippen molar-refractivity contribution in [2.24, 2.45) is 11.8 Å². The zero-order chi connectivity index (χ0) is 23.8. The Morgan fingerprint density at radius 3 is 1.79 bits per heavy atom. The van der Waals surface area contributed by atoms with E-state index >= 15 is 0 Å². The first-order valence-corrected chi connectivity index (χ1v) is 11.2. The Bertz CT molecular complexity index is 1350. The number of ether oxygens (including phenoxy) is 1. The van der Waals surface area contributed by atoms with E-state index in [2.05, 4.69) is 0 Å². The predicted molar refractivity (Wildman–Crippen MR) is 123 cm³/mol. The van der Waals surface area contributed by atoms with Crippen LogP contribution in [0, 0.1) is 25.7 Å². The van der Waals surface area contributed by atoms with Gasteiger partial charge in [-0.3, -0.25) is 19.2 Å². The van der Waals surface area contributed by atoms with E-state index in [9.17, 15) is 19.2 Å². The molecule has 2 saturated heterocycles. The molecule has 2 fully saturated rings. The largest absolute Gasteiger partial charge is 0.349 e. The van der Waals surface area contributed by atoms with Crippen molar-refractivity contribution in [3.8, 4) is 0 Å². The highest BCUT2D eigenvalue weighted by molar-refractivity contribution is 6.37. The predicted octanol–water partition coefficient (Wildman–Crippen LogP) is 4.00. The summed E-state index contributed by atoms with van der Waals surface area (Å²) >= 11 is 0. The van der Waals surface area contributed by atoms with Crippen LogP contribution in [0.1, 0.15) is 43.5 Å². The number of imide groups is 1. The van der Waals surface area contributed by atoms with Crippen LogP contribution in [-0.4, -0.2) is 29.0 Å². The van der Waals surface area contributed by atoms with Gasteiger partial charge >= 0.3 is 0 Å². The van der Waals surface area contributed by atoms with Crippen molar-refractivity contribution in [2.45, 2.75) is 25.6 Å². The van der Waals surface area contributed by atoms with Crippen molar-refractivity contribution in [1.29, 1.82) is 0 Å². The van der Waals surface area contributed by atoms with Crippen LogP contribution in [0.5, 0.6) is 0 Å². The van der Waals surface area contributed by atoms with Crippen LogP contribution < -0.4 is 4.90 Å². The molecule has 3 aliphatic rings. The Labute approximate surface area is 196 Å². The zero-order valence-electron chi connectivity index (χ0n) is 18.6. The van der Waals surface area contributed by atoms with Gasteiger partial charge in [0.1, 0.15) is 0 Å². The first kappa shape index (κ1) is 20.7. The molecule has 6 nitrogen and oxygen atoms in total. The summed E-state index contributed by atoms with van der Waals surface area (Å²) in [6.07, 6.45) is -0.903. The second-order valence-corrected chi connectivity index (χ2v) is 9.24. The molecule has 0 aromatic heterocycles. The highest BCUT2D eigenvalue weighted by Crippen LogP contribution is 2.57. The third kappa shape index (κ3) is 2.54. The van der Waals surface area contributed by atoms with E-state index in [0.29, 0.717) is 11.3 Å². The van der Waals surface area contributed by atoms with Gasteiger partial charge in [0.25, 0.3) is 0 Å². The quantitative estimate of drug-likeness (QED) is 0.435. The number of rotatable bonds is 2. The van der Waals surface area contributed by atoms with Crippen LogP contribution in [0.25, 0.3) is 0 Å². The molecule has 3 aromatic carbocycles. The van der Waals surface area contributed by atoms with Gasteiger partial charge in [-0.15, -0.1) is 0 Å². The number of ketones is 2. The summed E-state index contributed by atoms with van der Waals surface area (Å²) in [6.45, 7) is 3.85. The van der Waals surface area contributed by atoms with Gasteiger partial charge in [-0.05, 0) is 31.5 Å². The molecule has 0 saturated carbocycles. The highest BCUT2D eigenvalue weighted by atomic mass is 16.5. The summed E-state index contributed by atoms with van der Waals surface area (Å²) in [4.78, 5) is 56.1. The van der Waals surface area contributed by atoms with Crippen LogP contribution >= 0.6 is 0 Å². The fourth-order valence-electron chi connectivity index (χ4n) is 5.52. The number of carbonyl (C=O) groups is 4. The Morgan fingerprint density at radius 1 is 0.706 bits per heavy atom. The Morgan fingerprint density at radius 2 is 1.24 bits per heavy atom. The zero-order valence-corrected chi connectivity index (χ0v) is 18.6. The molecular formula is C28H21NO5. The molecule has 0 N–H and O–H groups in total. The summed E-state index contributed by atoms with van der Waals surface area (Å²) in [5.74, 6) is -4.37.